The number of hydrogen-bond acceptors (Lipinski definition) is 6. The largest absolute Gasteiger partial charge is 0.326 e. The van der Waals surface area contributed by atoms with Crippen LogP contribution in [0.3, 0.4) is 0 Å². The molecule has 7 nitrogen and oxygen atoms in total. The first-order chi connectivity index (χ1) is 14.4. The number of unbranched alkanes of at least 4 members (excludes halogenated alkanes) is 1. The third kappa shape index (κ3) is 4.86. The molecule has 3 amide bonds. The number of amides is 3. The number of hydrogen-bond donors (Lipinski definition) is 1. The molecule has 0 spiro atoms. The fourth-order valence-electron chi connectivity index (χ4n) is 3.15. The number of nitriles is 1. The van der Waals surface area contributed by atoms with E-state index in [-0.39, 0.29) is 24.1 Å². The highest BCUT2D eigenvalue weighted by Gasteiger charge is 2.40. The van der Waals surface area contributed by atoms with Gasteiger partial charge in [0.05, 0.1) is 16.5 Å². The molecule has 2 heterocycles. The Kier molecular flexibility index (Phi) is 6.85. The number of rotatable bonds is 7. The molecule has 8 heteroatoms. The van der Waals surface area contributed by atoms with Crippen LogP contribution in [0.15, 0.2) is 41.4 Å². The van der Waals surface area contributed by atoms with E-state index >= 15 is 0 Å². The fourth-order valence-corrected chi connectivity index (χ4v) is 4.26. The summed E-state index contributed by atoms with van der Waals surface area (Å²) in [7, 11) is 0. The highest BCUT2D eigenvalue weighted by molar-refractivity contribution is 8.00. The number of anilines is 2. The minimum absolute atomic E-state index is 0.0443. The number of imide groups is 1. The number of aromatic nitrogens is 1. The summed E-state index contributed by atoms with van der Waals surface area (Å²) in [6, 6.07) is 12.2. The van der Waals surface area contributed by atoms with Crippen molar-refractivity contribution in [2.75, 3.05) is 10.2 Å². The van der Waals surface area contributed by atoms with Crippen molar-refractivity contribution in [1.29, 1.82) is 5.26 Å². The lowest BCUT2D eigenvalue weighted by Crippen LogP contribution is -2.31. The molecule has 154 valence electrons. The van der Waals surface area contributed by atoms with Crippen LogP contribution in [0.2, 0.25) is 0 Å². The second-order valence-corrected chi connectivity index (χ2v) is 8.17. The summed E-state index contributed by atoms with van der Waals surface area (Å²) >= 11 is 1.17. The number of benzene rings is 1. The lowest BCUT2D eigenvalue weighted by Gasteiger charge is -2.15. The van der Waals surface area contributed by atoms with E-state index in [0.29, 0.717) is 22.0 Å². The molecule has 0 radical (unpaired) electrons. The van der Waals surface area contributed by atoms with Crippen molar-refractivity contribution in [2.45, 2.75) is 49.8 Å². The van der Waals surface area contributed by atoms with Gasteiger partial charge in [-0.15, -0.1) is 0 Å². The Hall–Kier alpha value is -3.18. The van der Waals surface area contributed by atoms with Gasteiger partial charge in [-0.2, -0.15) is 5.26 Å². The maximum Gasteiger partial charge on any atom is 0.247 e. The summed E-state index contributed by atoms with van der Waals surface area (Å²) in [5, 5.41) is 11.9. The van der Waals surface area contributed by atoms with Crippen molar-refractivity contribution in [3.05, 3.63) is 47.7 Å². The summed E-state index contributed by atoms with van der Waals surface area (Å²) in [6.45, 7) is 3.50. The zero-order valence-electron chi connectivity index (χ0n) is 16.8. The second-order valence-electron chi connectivity index (χ2n) is 6.98. The minimum atomic E-state index is -0.631. The van der Waals surface area contributed by atoms with Gasteiger partial charge in [0.2, 0.25) is 17.7 Å². The van der Waals surface area contributed by atoms with Gasteiger partial charge in [-0.3, -0.25) is 14.4 Å². The van der Waals surface area contributed by atoms with E-state index in [1.807, 2.05) is 6.07 Å². The fraction of sp³-hybridized carbons (Fsp3) is 0.318. The van der Waals surface area contributed by atoms with E-state index in [9.17, 15) is 19.6 Å². The lowest BCUT2D eigenvalue weighted by atomic mass is 10.2. The molecule has 1 unspecified atom stereocenters. The van der Waals surface area contributed by atoms with E-state index in [1.165, 1.54) is 18.7 Å². The minimum Gasteiger partial charge on any atom is -0.326 e. The third-order valence-corrected chi connectivity index (χ3v) is 5.82. The van der Waals surface area contributed by atoms with Crippen LogP contribution in [-0.4, -0.2) is 28.0 Å². The van der Waals surface area contributed by atoms with Crippen LogP contribution in [0, 0.1) is 11.3 Å². The van der Waals surface area contributed by atoms with Crippen LogP contribution >= 0.6 is 11.8 Å². The van der Waals surface area contributed by atoms with Crippen LogP contribution in [-0.2, 0) is 20.8 Å². The Labute approximate surface area is 179 Å². The van der Waals surface area contributed by atoms with Crippen LogP contribution in [0.1, 0.15) is 44.4 Å². The zero-order chi connectivity index (χ0) is 21.7. The van der Waals surface area contributed by atoms with E-state index in [2.05, 4.69) is 23.3 Å². The molecule has 30 heavy (non-hydrogen) atoms. The van der Waals surface area contributed by atoms with E-state index in [1.54, 1.807) is 30.3 Å². The van der Waals surface area contributed by atoms with Gasteiger partial charge in [-0.1, -0.05) is 25.1 Å². The van der Waals surface area contributed by atoms with Gasteiger partial charge < -0.3 is 5.32 Å². The zero-order valence-corrected chi connectivity index (χ0v) is 17.7. The molecule has 1 aromatic carbocycles. The van der Waals surface area contributed by atoms with Crippen LogP contribution in [0.25, 0.3) is 0 Å². The molecular formula is C22H22N4O3S. The Bertz CT molecular complexity index is 1010. The van der Waals surface area contributed by atoms with Crippen molar-refractivity contribution < 1.29 is 14.4 Å². The van der Waals surface area contributed by atoms with Crippen molar-refractivity contribution in [2.24, 2.45) is 0 Å². The number of thioether (sulfide) groups is 1. The predicted octanol–water partition coefficient (Wildman–Crippen LogP) is 3.68. The summed E-state index contributed by atoms with van der Waals surface area (Å²) in [5.41, 5.74) is 2.31. The van der Waals surface area contributed by atoms with Crippen molar-refractivity contribution in [3.8, 4) is 6.07 Å². The molecule has 1 aliphatic heterocycles. The van der Waals surface area contributed by atoms with Gasteiger partial charge in [-0.25, -0.2) is 9.88 Å². The summed E-state index contributed by atoms with van der Waals surface area (Å²) < 4.78 is 0. The maximum absolute atomic E-state index is 12.9. The normalized spacial score (nSPS) is 15.9. The first-order valence-corrected chi connectivity index (χ1v) is 10.6. The quantitative estimate of drug-likeness (QED) is 0.683. The second kappa shape index (κ2) is 9.55. The molecule has 1 saturated heterocycles. The van der Waals surface area contributed by atoms with Crippen molar-refractivity contribution >= 4 is 40.9 Å². The Morgan fingerprint density at radius 2 is 2.00 bits per heavy atom. The van der Waals surface area contributed by atoms with Gasteiger partial charge in [0.15, 0.2) is 0 Å². The number of aryl methyl sites for hydroxylation is 1. The molecule has 0 bridgehead atoms. The average molecular weight is 423 g/mol. The van der Waals surface area contributed by atoms with Gasteiger partial charge in [0.1, 0.15) is 11.1 Å². The monoisotopic (exact) mass is 422 g/mol. The highest BCUT2D eigenvalue weighted by Crippen LogP contribution is 2.35. The van der Waals surface area contributed by atoms with E-state index in [4.69, 9.17) is 0 Å². The topological polar surface area (TPSA) is 103 Å². The number of nitrogens with one attached hydrogen (secondary N) is 1. The number of nitrogens with zero attached hydrogens (tertiary/aromatic N) is 3. The Morgan fingerprint density at radius 1 is 1.27 bits per heavy atom. The van der Waals surface area contributed by atoms with Gasteiger partial charge in [0.25, 0.3) is 0 Å². The van der Waals surface area contributed by atoms with Gasteiger partial charge in [-0.05, 0) is 49.2 Å². The molecule has 1 aliphatic rings. The third-order valence-electron chi connectivity index (χ3n) is 4.63. The standard InChI is InChI=1S/C22H22N4O3S/c1-3-4-5-16-7-6-15(13-23)21(25-16)30-19-12-20(28)26(22(19)29)18-10-8-17(9-11-18)24-14(2)27/h6-11,19H,3-5,12H2,1-2H3,(H,24,27). The number of pyridine rings is 1. The van der Waals surface area contributed by atoms with Gasteiger partial charge in [0, 0.05) is 24.7 Å². The van der Waals surface area contributed by atoms with E-state index in [0.717, 1.165) is 29.9 Å². The molecular weight excluding hydrogens is 400 g/mol. The molecule has 1 atom stereocenters. The Morgan fingerprint density at radius 3 is 2.63 bits per heavy atom. The predicted molar refractivity (Wildman–Crippen MR) is 115 cm³/mol. The molecule has 0 saturated carbocycles. The van der Waals surface area contributed by atoms with Crippen LogP contribution in [0.4, 0.5) is 11.4 Å². The first-order valence-electron chi connectivity index (χ1n) is 9.74. The summed E-state index contributed by atoms with van der Waals surface area (Å²) in [6.07, 6.45) is 2.88. The molecule has 1 fully saturated rings. The van der Waals surface area contributed by atoms with Crippen molar-refractivity contribution in [3.63, 3.8) is 0 Å². The molecule has 3 rings (SSSR count). The number of carbonyl (C=O) groups is 3. The molecule has 2 aromatic rings. The number of carbonyl (C=O) groups excluding carboxylic acids is 3. The molecule has 1 N–H and O–H groups in total. The first kappa shape index (κ1) is 21.5. The average Bonchev–Trinajstić information content (AvgIpc) is 3.00. The van der Waals surface area contributed by atoms with Gasteiger partial charge >= 0.3 is 0 Å². The van der Waals surface area contributed by atoms with E-state index < -0.39 is 5.25 Å². The highest BCUT2D eigenvalue weighted by atomic mass is 32.2. The lowest BCUT2D eigenvalue weighted by molar-refractivity contribution is -0.121. The Balaban J connectivity index is 1.78. The molecule has 0 aliphatic carbocycles. The summed E-state index contributed by atoms with van der Waals surface area (Å²) in [4.78, 5) is 42.4. The van der Waals surface area contributed by atoms with Crippen LogP contribution < -0.4 is 10.2 Å². The summed E-state index contributed by atoms with van der Waals surface area (Å²) in [5.74, 6) is -0.832. The van der Waals surface area contributed by atoms with Crippen LogP contribution in [0.5, 0.6) is 0 Å². The SMILES string of the molecule is CCCCc1ccc(C#N)c(SC2CC(=O)N(c3ccc(NC(C)=O)cc3)C2=O)n1. The maximum atomic E-state index is 12.9. The molecule has 1 aromatic heterocycles. The smallest absolute Gasteiger partial charge is 0.247 e. The van der Waals surface area contributed by atoms with Crippen molar-refractivity contribution in [1.82, 2.24) is 4.98 Å².